The molecule has 0 unspecified atom stereocenters. The zero-order chi connectivity index (χ0) is 24.5. The molecule has 1 atom stereocenters. The van der Waals surface area contributed by atoms with Crippen molar-refractivity contribution < 1.29 is 14.0 Å². The first-order valence-corrected chi connectivity index (χ1v) is 12.6. The Morgan fingerprint density at radius 2 is 1.71 bits per heavy atom. The molecule has 0 fully saturated rings. The molecule has 8 heteroatoms. The standard InChI is InChI=1S/C26H25Cl2FN2O2S/c1-30-26(33)24(14-18-7-3-2-4-8-18)31(15-19-9-5-10-20(27)13-19)25(32)17-34-16-21-22(28)11-6-12-23(21)29/h2-13,24H,14-17H2,1H3,(H,30,33)/t24-/m0/s1. The molecule has 0 bridgehead atoms. The first-order valence-electron chi connectivity index (χ1n) is 10.7. The number of rotatable bonds is 10. The third-order valence-corrected chi connectivity index (χ3v) is 6.83. The summed E-state index contributed by atoms with van der Waals surface area (Å²) in [6, 6.07) is 20.5. The number of carbonyl (C=O) groups excluding carboxylic acids is 2. The lowest BCUT2D eigenvalue weighted by atomic mass is 10.0. The van der Waals surface area contributed by atoms with E-state index in [1.807, 2.05) is 36.4 Å². The van der Waals surface area contributed by atoms with Gasteiger partial charge in [0.1, 0.15) is 11.9 Å². The normalized spacial score (nSPS) is 11.6. The first-order chi connectivity index (χ1) is 16.4. The summed E-state index contributed by atoms with van der Waals surface area (Å²) in [5.74, 6) is -0.599. The van der Waals surface area contributed by atoms with E-state index in [1.165, 1.54) is 17.8 Å². The van der Waals surface area contributed by atoms with Crippen molar-refractivity contribution >= 4 is 46.8 Å². The van der Waals surface area contributed by atoms with E-state index in [2.05, 4.69) is 5.32 Å². The van der Waals surface area contributed by atoms with Gasteiger partial charge in [0.2, 0.25) is 11.8 Å². The van der Waals surface area contributed by atoms with E-state index in [9.17, 15) is 14.0 Å². The van der Waals surface area contributed by atoms with Gasteiger partial charge < -0.3 is 10.2 Å². The summed E-state index contributed by atoms with van der Waals surface area (Å²) in [4.78, 5) is 27.9. The van der Waals surface area contributed by atoms with Crippen LogP contribution < -0.4 is 5.32 Å². The molecule has 0 saturated heterocycles. The lowest BCUT2D eigenvalue weighted by Crippen LogP contribution is -2.50. The number of carbonyl (C=O) groups is 2. The summed E-state index contributed by atoms with van der Waals surface area (Å²) in [5, 5.41) is 3.55. The van der Waals surface area contributed by atoms with Crippen LogP contribution in [0.1, 0.15) is 16.7 Å². The molecule has 4 nitrogen and oxygen atoms in total. The second-order valence-electron chi connectivity index (χ2n) is 7.66. The molecule has 0 aromatic heterocycles. The summed E-state index contributed by atoms with van der Waals surface area (Å²) in [6.07, 6.45) is 0.358. The number of nitrogens with zero attached hydrogens (tertiary/aromatic N) is 1. The Bertz CT molecular complexity index is 1110. The number of amides is 2. The molecule has 0 aliphatic rings. The molecule has 3 aromatic rings. The van der Waals surface area contributed by atoms with Crippen molar-refractivity contribution in [2.45, 2.75) is 24.8 Å². The Morgan fingerprint density at radius 1 is 1.00 bits per heavy atom. The highest BCUT2D eigenvalue weighted by atomic mass is 35.5. The van der Waals surface area contributed by atoms with E-state index < -0.39 is 11.9 Å². The van der Waals surface area contributed by atoms with Gasteiger partial charge in [-0.2, -0.15) is 0 Å². The minimum absolute atomic E-state index is 0.0630. The van der Waals surface area contributed by atoms with E-state index in [4.69, 9.17) is 23.2 Å². The molecule has 0 radical (unpaired) electrons. The monoisotopic (exact) mass is 518 g/mol. The van der Waals surface area contributed by atoms with Crippen molar-refractivity contribution in [3.63, 3.8) is 0 Å². The van der Waals surface area contributed by atoms with E-state index in [0.717, 1.165) is 11.1 Å². The maximum Gasteiger partial charge on any atom is 0.242 e. The minimum atomic E-state index is -0.725. The van der Waals surface area contributed by atoms with Gasteiger partial charge in [0.15, 0.2) is 0 Å². The van der Waals surface area contributed by atoms with Crippen LogP contribution in [0.4, 0.5) is 4.39 Å². The van der Waals surface area contributed by atoms with Gasteiger partial charge in [-0.3, -0.25) is 9.59 Å². The van der Waals surface area contributed by atoms with Gasteiger partial charge in [0.25, 0.3) is 0 Å². The number of thioether (sulfide) groups is 1. The smallest absolute Gasteiger partial charge is 0.242 e. The van der Waals surface area contributed by atoms with Gasteiger partial charge in [-0.25, -0.2) is 4.39 Å². The molecule has 3 rings (SSSR count). The average molecular weight is 519 g/mol. The van der Waals surface area contributed by atoms with Crippen LogP contribution in [0.5, 0.6) is 0 Å². The van der Waals surface area contributed by atoms with Gasteiger partial charge in [-0.05, 0) is 35.4 Å². The predicted molar refractivity (Wildman–Crippen MR) is 138 cm³/mol. The Morgan fingerprint density at radius 3 is 2.38 bits per heavy atom. The van der Waals surface area contributed by atoms with E-state index in [1.54, 1.807) is 42.3 Å². The van der Waals surface area contributed by atoms with Crippen molar-refractivity contribution in [3.05, 3.63) is 105 Å². The molecule has 2 amide bonds. The average Bonchev–Trinajstić information content (AvgIpc) is 2.83. The lowest BCUT2D eigenvalue weighted by molar-refractivity contribution is -0.139. The molecule has 1 N–H and O–H groups in total. The molecule has 0 aliphatic heterocycles. The highest BCUT2D eigenvalue weighted by Crippen LogP contribution is 2.25. The van der Waals surface area contributed by atoms with E-state index in [-0.39, 0.29) is 29.9 Å². The van der Waals surface area contributed by atoms with Crippen molar-refractivity contribution in [2.24, 2.45) is 0 Å². The van der Waals surface area contributed by atoms with Crippen LogP contribution >= 0.6 is 35.0 Å². The summed E-state index contributed by atoms with van der Waals surface area (Å²) in [5.41, 5.74) is 2.10. The summed E-state index contributed by atoms with van der Waals surface area (Å²) in [6.45, 7) is 0.214. The first kappa shape index (κ1) is 26.1. The van der Waals surface area contributed by atoms with Gasteiger partial charge >= 0.3 is 0 Å². The molecule has 0 saturated carbocycles. The van der Waals surface area contributed by atoms with Crippen molar-refractivity contribution in [1.29, 1.82) is 0 Å². The Labute approximate surface area is 213 Å². The van der Waals surface area contributed by atoms with Crippen molar-refractivity contribution in [3.8, 4) is 0 Å². The molecular formula is C26H25Cl2FN2O2S. The summed E-state index contributed by atoms with van der Waals surface area (Å²) in [7, 11) is 1.55. The SMILES string of the molecule is CNC(=O)[C@H](Cc1ccccc1)N(Cc1cccc(Cl)c1)C(=O)CSCc1c(F)cccc1Cl. The van der Waals surface area contributed by atoms with Crippen LogP contribution in [-0.2, 0) is 28.3 Å². The molecule has 0 heterocycles. The maximum atomic E-state index is 14.1. The fraction of sp³-hybridized carbons (Fsp3) is 0.231. The molecule has 0 aliphatic carbocycles. The second-order valence-corrected chi connectivity index (χ2v) is 9.49. The van der Waals surface area contributed by atoms with E-state index >= 15 is 0 Å². The third kappa shape index (κ3) is 7.23. The van der Waals surface area contributed by atoms with Crippen LogP contribution in [0.15, 0.2) is 72.8 Å². The highest BCUT2D eigenvalue weighted by molar-refractivity contribution is 7.99. The number of hydrogen-bond acceptors (Lipinski definition) is 3. The van der Waals surface area contributed by atoms with Gasteiger partial charge in [0, 0.05) is 41.4 Å². The fourth-order valence-electron chi connectivity index (χ4n) is 3.55. The maximum absolute atomic E-state index is 14.1. The topological polar surface area (TPSA) is 49.4 Å². The van der Waals surface area contributed by atoms with Crippen LogP contribution in [0.3, 0.4) is 0 Å². The summed E-state index contributed by atoms with van der Waals surface area (Å²) < 4.78 is 14.1. The third-order valence-electron chi connectivity index (χ3n) is 5.29. The van der Waals surface area contributed by atoms with Crippen LogP contribution in [-0.4, -0.2) is 35.6 Å². The fourth-order valence-corrected chi connectivity index (χ4v) is 5.01. The Balaban J connectivity index is 1.83. The second kappa shape index (κ2) is 12.8. The summed E-state index contributed by atoms with van der Waals surface area (Å²) >= 11 is 13.5. The number of likely N-dealkylation sites (N-methyl/N-ethyl adjacent to an activating group) is 1. The Kier molecular flexibility index (Phi) is 9.81. The van der Waals surface area contributed by atoms with E-state index in [0.29, 0.717) is 22.0 Å². The number of benzene rings is 3. The highest BCUT2D eigenvalue weighted by Gasteiger charge is 2.29. The molecule has 34 heavy (non-hydrogen) atoms. The number of nitrogens with one attached hydrogen (secondary N) is 1. The van der Waals surface area contributed by atoms with Crippen LogP contribution in [0.25, 0.3) is 0 Å². The minimum Gasteiger partial charge on any atom is -0.357 e. The van der Waals surface area contributed by atoms with Crippen molar-refractivity contribution in [2.75, 3.05) is 12.8 Å². The zero-order valence-corrected chi connectivity index (χ0v) is 21.0. The molecule has 178 valence electrons. The number of hydrogen-bond donors (Lipinski definition) is 1. The van der Waals surface area contributed by atoms with Crippen LogP contribution in [0, 0.1) is 5.82 Å². The molecule has 3 aromatic carbocycles. The number of halogens is 3. The van der Waals surface area contributed by atoms with Gasteiger partial charge in [-0.1, -0.05) is 71.7 Å². The largest absolute Gasteiger partial charge is 0.357 e. The van der Waals surface area contributed by atoms with Crippen molar-refractivity contribution in [1.82, 2.24) is 10.2 Å². The molecule has 0 spiro atoms. The van der Waals surface area contributed by atoms with Gasteiger partial charge in [-0.15, -0.1) is 11.8 Å². The zero-order valence-electron chi connectivity index (χ0n) is 18.6. The van der Waals surface area contributed by atoms with Crippen LogP contribution in [0.2, 0.25) is 10.0 Å². The molecular weight excluding hydrogens is 494 g/mol. The predicted octanol–water partition coefficient (Wildman–Crippen LogP) is 5.75. The van der Waals surface area contributed by atoms with Gasteiger partial charge in [0.05, 0.1) is 5.75 Å². The lowest BCUT2D eigenvalue weighted by Gasteiger charge is -2.31. The quantitative estimate of drug-likeness (QED) is 0.371. The Hall–Kier alpha value is -2.54.